The van der Waals surface area contributed by atoms with Crippen LogP contribution in [-0.4, -0.2) is 18.2 Å². The van der Waals surface area contributed by atoms with Crippen molar-refractivity contribution in [3.63, 3.8) is 0 Å². The molecule has 2 heterocycles. The van der Waals surface area contributed by atoms with Crippen molar-refractivity contribution in [2.75, 3.05) is 18.9 Å². The molecule has 1 aromatic heterocycles. The van der Waals surface area contributed by atoms with Gasteiger partial charge in [-0.3, -0.25) is 0 Å². The van der Waals surface area contributed by atoms with Crippen molar-refractivity contribution in [1.82, 2.24) is 4.98 Å². The van der Waals surface area contributed by atoms with E-state index in [1.165, 1.54) is 12.8 Å². The van der Waals surface area contributed by atoms with E-state index >= 15 is 0 Å². The van der Waals surface area contributed by atoms with E-state index in [1.807, 2.05) is 6.07 Å². The first-order chi connectivity index (χ1) is 6.86. The average molecular weight is 192 g/mol. The monoisotopic (exact) mass is 192 g/mol. The maximum Gasteiger partial charge on any atom is 0.126 e. The zero-order valence-electron chi connectivity index (χ0n) is 8.28. The smallest absolute Gasteiger partial charge is 0.126 e. The van der Waals surface area contributed by atoms with Gasteiger partial charge in [0.25, 0.3) is 0 Å². The fourth-order valence-corrected chi connectivity index (χ4v) is 1.90. The molecule has 1 fully saturated rings. The maximum atomic E-state index is 5.79. The molecule has 0 bridgehead atoms. The van der Waals surface area contributed by atoms with E-state index in [9.17, 15) is 0 Å². The summed E-state index contributed by atoms with van der Waals surface area (Å²) in [5.74, 6) is 1.29. The number of anilines is 1. The quantitative estimate of drug-likeness (QED) is 0.774. The first-order valence-corrected chi connectivity index (χ1v) is 5.13. The summed E-state index contributed by atoms with van der Waals surface area (Å²) in [7, 11) is 0. The Balaban J connectivity index is 1.99. The minimum Gasteiger partial charge on any atom is -0.383 e. The third-order valence-electron chi connectivity index (χ3n) is 2.69. The summed E-state index contributed by atoms with van der Waals surface area (Å²) in [4.78, 5) is 4.08. The maximum absolute atomic E-state index is 5.79. The van der Waals surface area contributed by atoms with Crippen LogP contribution < -0.4 is 5.73 Å². The average Bonchev–Trinajstić information content (AvgIpc) is 2.23. The number of nitrogens with two attached hydrogens (primary N) is 1. The minimum atomic E-state index is 0.621. The molecular weight excluding hydrogens is 176 g/mol. The molecular formula is C11H16N2O. The minimum absolute atomic E-state index is 0.621. The van der Waals surface area contributed by atoms with Crippen LogP contribution in [0.1, 0.15) is 18.4 Å². The van der Waals surface area contributed by atoms with E-state index in [-0.39, 0.29) is 0 Å². The molecule has 14 heavy (non-hydrogen) atoms. The van der Waals surface area contributed by atoms with Gasteiger partial charge in [-0.05, 0) is 36.8 Å². The van der Waals surface area contributed by atoms with Gasteiger partial charge in [0.05, 0.1) is 0 Å². The van der Waals surface area contributed by atoms with Crippen LogP contribution in [0.15, 0.2) is 18.3 Å². The summed E-state index contributed by atoms with van der Waals surface area (Å²) in [5, 5.41) is 0. The summed E-state index contributed by atoms with van der Waals surface area (Å²) in [6, 6.07) is 3.99. The zero-order valence-corrected chi connectivity index (χ0v) is 8.28. The van der Waals surface area contributed by atoms with Crippen molar-refractivity contribution in [3.8, 4) is 0 Å². The molecule has 0 aromatic carbocycles. The van der Waals surface area contributed by atoms with Crippen molar-refractivity contribution in [2.24, 2.45) is 5.92 Å². The molecule has 2 N–H and O–H groups in total. The van der Waals surface area contributed by atoms with Crippen LogP contribution in [-0.2, 0) is 11.2 Å². The lowest BCUT2D eigenvalue weighted by Crippen LogP contribution is -2.19. The van der Waals surface area contributed by atoms with Gasteiger partial charge in [0, 0.05) is 19.4 Å². The highest BCUT2D eigenvalue weighted by atomic mass is 16.5. The molecule has 1 aliphatic heterocycles. The fraction of sp³-hybridized carbons (Fsp3) is 0.545. The summed E-state index contributed by atoms with van der Waals surface area (Å²) in [6.07, 6.45) is 5.15. The SMILES string of the molecule is Nc1ncccc1CC1CCCOC1. The molecule has 1 aromatic rings. The molecule has 1 unspecified atom stereocenters. The Labute approximate surface area is 84.3 Å². The number of pyridine rings is 1. The second-order valence-electron chi connectivity index (χ2n) is 3.84. The Morgan fingerprint density at radius 3 is 3.21 bits per heavy atom. The highest BCUT2D eigenvalue weighted by Gasteiger charge is 2.15. The van der Waals surface area contributed by atoms with Gasteiger partial charge in [-0.15, -0.1) is 0 Å². The van der Waals surface area contributed by atoms with Crippen LogP contribution >= 0.6 is 0 Å². The molecule has 0 spiro atoms. The standard InChI is InChI=1S/C11H16N2O/c12-11-10(4-1-5-13-11)7-9-3-2-6-14-8-9/h1,4-5,9H,2-3,6-8H2,(H2,12,13). The lowest BCUT2D eigenvalue weighted by molar-refractivity contribution is 0.0550. The molecule has 76 valence electrons. The molecule has 0 aliphatic carbocycles. The van der Waals surface area contributed by atoms with Gasteiger partial charge in [0.1, 0.15) is 5.82 Å². The largest absolute Gasteiger partial charge is 0.383 e. The number of hydrogen-bond donors (Lipinski definition) is 1. The van der Waals surface area contributed by atoms with Gasteiger partial charge in [-0.2, -0.15) is 0 Å². The van der Waals surface area contributed by atoms with E-state index in [0.29, 0.717) is 11.7 Å². The zero-order chi connectivity index (χ0) is 9.80. The van der Waals surface area contributed by atoms with Gasteiger partial charge in [-0.1, -0.05) is 6.07 Å². The van der Waals surface area contributed by atoms with Gasteiger partial charge >= 0.3 is 0 Å². The summed E-state index contributed by atoms with van der Waals surface area (Å²) >= 11 is 0. The van der Waals surface area contributed by atoms with E-state index in [2.05, 4.69) is 11.1 Å². The normalized spacial score (nSPS) is 22.1. The van der Waals surface area contributed by atoms with Crippen LogP contribution in [0.5, 0.6) is 0 Å². The Kier molecular flexibility index (Phi) is 2.99. The third-order valence-corrected chi connectivity index (χ3v) is 2.69. The van der Waals surface area contributed by atoms with Crippen LogP contribution in [0.25, 0.3) is 0 Å². The first kappa shape index (κ1) is 9.46. The van der Waals surface area contributed by atoms with E-state index in [4.69, 9.17) is 10.5 Å². The molecule has 1 aliphatic rings. The summed E-state index contributed by atoms with van der Waals surface area (Å²) in [6.45, 7) is 1.79. The number of aromatic nitrogens is 1. The van der Waals surface area contributed by atoms with Crippen LogP contribution in [0, 0.1) is 5.92 Å². The van der Waals surface area contributed by atoms with Crippen molar-refractivity contribution in [2.45, 2.75) is 19.3 Å². The second kappa shape index (κ2) is 4.42. The third kappa shape index (κ3) is 2.23. The van der Waals surface area contributed by atoms with Gasteiger partial charge in [-0.25, -0.2) is 4.98 Å². The van der Waals surface area contributed by atoms with Crippen molar-refractivity contribution < 1.29 is 4.74 Å². The Morgan fingerprint density at radius 1 is 1.57 bits per heavy atom. The summed E-state index contributed by atoms with van der Waals surface area (Å²) in [5.41, 5.74) is 6.94. The lowest BCUT2D eigenvalue weighted by atomic mass is 9.94. The molecule has 2 rings (SSSR count). The van der Waals surface area contributed by atoms with E-state index < -0.39 is 0 Å². The molecule has 1 atom stereocenters. The number of nitrogens with zero attached hydrogens (tertiary/aromatic N) is 1. The Bertz CT molecular complexity index is 295. The predicted molar refractivity (Wildman–Crippen MR) is 55.9 cm³/mol. The predicted octanol–water partition coefficient (Wildman–Crippen LogP) is 1.63. The topological polar surface area (TPSA) is 48.1 Å². The molecule has 3 nitrogen and oxygen atoms in total. The molecule has 0 saturated carbocycles. The van der Waals surface area contributed by atoms with E-state index in [0.717, 1.165) is 25.2 Å². The number of nitrogen functional groups attached to an aromatic ring is 1. The van der Waals surface area contributed by atoms with Crippen LogP contribution in [0.2, 0.25) is 0 Å². The molecule has 1 saturated heterocycles. The van der Waals surface area contributed by atoms with Gasteiger partial charge in [0.2, 0.25) is 0 Å². The van der Waals surface area contributed by atoms with Crippen LogP contribution in [0.3, 0.4) is 0 Å². The molecule has 0 amide bonds. The summed E-state index contributed by atoms with van der Waals surface area (Å²) < 4.78 is 5.43. The lowest BCUT2D eigenvalue weighted by Gasteiger charge is -2.22. The van der Waals surface area contributed by atoms with E-state index in [1.54, 1.807) is 6.20 Å². The first-order valence-electron chi connectivity index (χ1n) is 5.13. The van der Waals surface area contributed by atoms with Crippen molar-refractivity contribution in [3.05, 3.63) is 23.9 Å². The van der Waals surface area contributed by atoms with Gasteiger partial charge in [0.15, 0.2) is 0 Å². The molecule has 3 heteroatoms. The van der Waals surface area contributed by atoms with Gasteiger partial charge < -0.3 is 10.5 Å². The fourth-order valence-electron chi connectivity index (χ4n) is 1.90. The number of rotatable bonds is 2. The van der Waals surface area contributed by atoms with Crippen LogP contribution in [0.4, 0.5) is 5.82 Å². The number of hydrogen-bond acceptors (Lipinski definition) is 3. The second-order valence-corrected chi connectivity index (χ2v) is 3.84. The highest BCUT2D eigenvalue weighted by molar-refractivity contribution is 5.38. The Morgan fingerprint density at radius 2 is 2.50 bits per heavy atom. The highest BCUT2D eigenvalue weighted by Crippen LogP contribution is 2.20. The molecule has 0 radical (unpaired) electrons. The number of ether oxygens (including phenoxy) is 1. The van der Waals surface area contributed by atoms with Crippen molar-refractivity contribution >= 4 is 5.82 Å². The van der Waals surface area contributed by atoms with Crippen molar-refractivity contribution in [1.29, 1.82) is 0 Å². The Hall–Kier alpha value is -1.09.